The summed E-state index contributed by atoms with van der Waals surface area (Å²) in [5.74, 6) is 0.934. The Morgan fingerprint density at radius 1 is 1.08 bits per heavy atom. The van der Waals surface area contributed by atoms with E-state index in [0.717, 1.165) is 17.1 Å². The van der Waals surface area contributed by atoms with Crippen molar-refractivity contribution in [3.05, 3.63) is 72.4 Å². The summed E-state index contributed by atoms with van der Waals surface area (Å²) in [7, 11) is 0. The Labute approximate surface area is 151 Å². The molecular formula is C19H19N5O2. The molecular weight excluding hydrogens is 330 g/mol. The zero-order valence-corrected chi connectivity index (χ0v) is 14.3. The zero-order chi connectivity index (χ0) is 18.2. The molecule has 2 N–H and O–H groups in total. The number of para-hydroxylation sites is 2. The largest absolute Gasteiger partial charge is 0.492 e. The monoisotopic (exact) mass is 349 g/mol. The van der Waals surface area contributed by atoms with Gasteiger partial charge in [-0.3, -0.25) is 9.78 Å². The second-order valence-corrected chi connectivity index (χ2v) is 5.35. The SMILES string of the molecule is CCOc1ccccc1Nc1cc(C(=O)NCc2ccccn2)ncn1. The van der Waals surface area contributed by atoms with Crippen LogP contribution in [0.2, 0.25) is 0 Å². The predicted molar refractivity (Wildman–Crippen MR) is 98.3 cm³/mol. The molecule has 0 saturated carbocycles. The Kier molecular flexibility index (Phi) is 5.72. The zero-order valence-electron chi connectivity index (χ0n) is 14.3. The molecule has 0 atom stereocenters. The van der Waals surface area contributed by atoms with Crippen molar-refractivity contribution in [2.24, 2.45) is 0 Å². The van der Waals surface area contributed by atoms with Crippen LogP contribution in [0.3, 0.4) is 0 Å². The van der Waals surface area contributed by atoms with Crippen molar-refractivity contribution < 1.29 is 9.53 Å². The Balaban J connectivity index is 1.69. The predicted octanol–water partition coefficient (Wildman–Crippen LogP) is 2.94. The number of hydrogen-bond donors (Lipinski definition) is 2. The van der Waals surface area contributed by atoms with Crippen LogP contribution >= 0.6 is 0 Å². The number of ether oxygens (including phenoxy) is 1. The van der Waals surface area contributed by atoms with Crippen molar-refractivity contribution in [2.75, 3.05) is 11.9 Å². The second kappa shape index (κ2) is 8.57. The molecule has 132 valence electrons. The number of nitrogens with zero attached hydrogens (tertiary/aromatic N) is 3. The molecule has 0 fully saturated rings. The molecule has 0 unspecified atom stereocenters. The number of anilines is 2. The fraction of sp³-hybridized carbons (Fsp3) is 0.158. The molecule has 0 aliphatic carbocycles. The van der Waals surface area contributed by atoms with E-state index < -0.39 is 0 Å². The van der Waals surface area contributed by atoms with Gasteiger partial charge in [0.15, 0.2) is 0 Å². The van der Waals surface area contributed by atoms with Gasteiger partial charge in [0, 0.05) is 12.3 Å². The van der Waals surface area contributed by atoms with E-state index in [1.165, 1.54) is 6.33 Å². The average molecular weight is 349 g/mol. The number of carbonyl (C=O) groups excluding carboxylic acids is 1. The number of carbonyl (C=O) groups is 1. The summed E-state index contributed by atoms with van der Waals surface area (Å²) in [6.07, 6.45) is 3.03. The molecule has 1 amide bonds. The Hall–Kier alpha value is -3.48. The van der Waals surface area contributed by atoms with Crippen molar-refractivity contribution in [3.8, 4) is 5.75 Å². The summed E-state index contributed by atoms with van der Waals surface area (Å²) in [5, 5.41) is 5.95. The molecule has 26 heavy (non-hydrogen) atoms. The lowest BCUT2D eigenvalue weighted by atomic mass is 10.3. The lowest BCUT2D eigenvalue weighted by Crippen LogP contribution is -2.24. The maximum atomic E-state index is 12.3. The summed E-state index contributed by atoms with van der Waals surface area (Å²) in [6.45, 7) is 2.81. The average Bonchev–Trinajstić information content (AvgIpc) is 2.69. The molecule has 0 aliphatic heterocycles. The van der Waals surface area contributed by atoms with E-state index in [2.05, 4.69) is 25.6 Å². The lowest BCUT2D eigenvalue weighted by molar-refractivity contribution is 0.0945. The highest BCUT2D eigenvalue weighted by molar-refractivity contribution is 5.92. The van der Waals surface area contributed by atoms with Crippen LogP contribution in [0, 0.1) is 0 Å². The van der Waals surface area contributed by atoms with Crippen LogP contribution in [0.1, 0.15) is 23.1 Å². The fourth-order valence-corrected chi connectivity index (χ4v) is 2.30. The second-order valence-electron chi connectivity index (χ2n) is 5.35. The van der Waals surface area contributed by atoms with E-state index >= 15 is 0 Å². The standard InChI is InChI=1S/C19H19N5O2/c1-2-26-17-9-4-3-8-15(17)24-18-11-16(22-13-23-18)19(25)21-12-14-7-5-6-10-20-14/h3-11,13H,2,12H2,1H3,(H,21,25)(H,22,23,24). The molecule has 2 aromatic heterocycles. The Morgan fingerprint density at radius 3 is 2.73 bits per heavy atom. The first-order chi connectivity index (χ1) is 12.8. The number of rotatable bonds is 7. The van der Waals surface area contributed by atoms with Crippen LogP contribution in [0.5, 0.6) is 5.75 Å². The third-order valence-electron chi connectivity index (χ3n) is 3.51. The highest BCUT2D eigenvalue weighted by Crippen LogP contribution is 2.26. The Bertz CT molecular complexity index is 871. The van der Waals surface area contributed by atoms with Gasteiger partial charge in [0.2, 0.25) is 0 Å². The van der Waals surface area contributed by atoms with E-state index in [4.69, 9.17) is 4.74 Å². The number of nitrogens with one attached hydrogen (secondary N) is 2. The Morgan fingerprint density at radius 2 is 1.92 bits per heavy atom. The molecule has 7 nitrogen and oxygen atoms in total. The summed E-state index contributed by atoms with van der Waals surface area (Å²) >= 11 is 0. The summed E-state index contributed by atoms with van der Waals surface area (Å²) < 4.78 is 5.58. The number of amides is 1. The summed E-state index contributed by atoms with van der Waals surface area (Å²) in [4.78, 5) is 24.7. The first kappa shape index (κ1) is 17.3. The first-order valence-corrected chi connectivity index (χ1v) is 8.25. The van der Waals surface area contributed by atoms with Crippen molar-refractivity contribution in [1.29, 1.82) is 0 Å². The molecule has 2 heterocycles. The molecule has 3 aromatic rings. The van der Waals surface area contributed by atoms with Gasteiger partial charge < -0.3 is 15.4 Å². The van der Waals surface area contributed by atoms with Crippen LogP contribution in [0.15, 0.2) is 61.1 Å². The summed E-state index contributed by atoms with van der Waals surface area (Å²) in [5.41, 5.74) is 1.82. The minimum atomic E-state index is -0.292. The van der Waals surface area contributed by atoms with Gasteiger partial charge in [0.05, 0.1) is 24.5 Å². The summed E-state index contributed by atoms with van der Waals surface area (Å²) in [6, 6.07) is 14.7. The van der Waals surface area contributed by atoms with Gasteiger partial charge in [-0.25, -0.2) is 9.97 Å². The van der Waals surface area contributed by atoms with Crippen molar-refractivity contribution in [1.82, 2.24) is 20.3 Å². The quantitative estimate of drug-likeness (QED) is 0.682. The highest BCUT2D eigenvalue weighted by atomic mass is 16.5. The molecule has 1 aromatic carbocycles. The van der Waals surface area contributed by atoms with E-state index in [1.54, 1.807) is 12.3 Å². The molecule has 0 bridgehead atoms. The highest BCUT2D eigenvalue weighted by Gasteiger charge is 2.10. The van der Waals surface area contributed by atoms with Gasteiger partial charge in [-0.15, -0.1) is 0 Å². The van der Waals surface area contributed by atoms with Crippen LogP contribution < -0.4 is 15.4 Å². The number of aromatic nitrogens is 3. The van der Waals surface area contributed by atoms with Gasteiger partial charge in [0.25, 0.3) is 5.91 Å². The topological polar surface area (TPSA) is 89.0 Å². The number of pyridine rings is 1. The van der Waals surface area contributed by atoms with Crippen LogP contribution in [-0.2, 0) is 6.54 Å². The molecule has 0 saturated heterocycles. The minimum absolute atomic E-state index is 0.271. The molecule has 7 heteroatoms. The number of hydrogen-bond acceptors (Lipinski definition) is 6. The molecule has 0 radical (unpaired) electrons. The van der Waals surface area contributed by atoms with Gasteiger partial charge in [-0.05, 0) is 31.2 Å². The van der Waals surface area contributed by atoms with Crippen molar-refractivity contribution in [3.63, 3.8) is 0 Å². The molecule has 0 aliphatic rings. The van der Waals surface area contributed by atoms with E-state index in [1.807, 2.05) is 49.4 Å². The number of benzene rings is 1. The van der Waals surface area contributed by atoms with Gasteiger partial charge in [0.1, 0.15) is 23.6 Å². The third kappa shape index (κ3) is 4.54. The van der Waals surface area contributed by atoms with Crippen LogP contribution in [-0.4, -0.2) is 27.5 Å². The van der Waals surface area contributed by atoms with E-state index in [-0.39, 0.29) is 11.6 Å². The molecule has 0 spiro atoms. The molecule has 3 rings (SSSR count). The normalized spacial score (nSPS) is 10.2. The van der Waals surface area contributed by atoms with E-state index in [0.29, 0.717) is 19.0 Å². The maximum absolute atomic E-state index is 12.3. The van der Waals surface area contributed by atoms with Crippen molar-refractivity contribution >= 4 is 17.4 Å². The minimum Gasteiger partial charge on any atom is -0.492 e. The first-order valence-electron chi connectivity index (χ1n) is 8.25. The fourth-order valence-electron chi connectivity index (χ4n) is 2.30. The third-order valence-corrected chi connectivity index (χ3v) is 3.51. The maximum Gasteiger partial charge on any atom is 0.270 e. The smallest absolute Gasteiger partial charge is 0.270 e. The van der Waals surface area contributed by atoms with Gasteiger partial charge in [-0.1, -0.05) is 18.2 Å². The van der Waals surface area contributed by atoms with E-state index in [9.17, 15) is 4.79 Å². The van der Waals surface area contributed by atoms with Crippen LogP contribution in [0.4, 0.5) is 11.5 Å². The van der Waals surface area contributed by atoms with Gasteiger partial charge >= 0.3 is 0 Å². The van der Waals surface area contributed by atoms with Crippen molar-refractivity contribution in [2.45, 2.75) is 13.5 Å². The van der Waals surface area contributed by atoms with Gasteiger partial charge in [-0.2, -0.15) is 0 Å². The van der Waals surface area contributed by atoms with Crippen LogP contribution in [0.25, 0.3) is 0 Å². The lowest BCUT2D eigenvalue weighted by Gasteiger charge is -2.12.